The van der Waals surface area contributed by atoms with Gasteiger partial charge in [-0.05, 0) is 28.8 Å². The molecule has 0 saturated carbocycles. The highest BCUT2D eigenvalue weighted by atomic mass is 16.6. The van der Waals surface area contributed by atoms with Crippen LogP contribution in [-0.4, -0.2) is 54.3 Å². The van der Waals surface area contributed by atoms with Gasteiger partial charge in [-0.15, -0.1) is 0 Å². The molecule has 2 aliphatic heterocycles. The zero-order chi connectivity index (χ0) is 20.2. The first-order valence-electron chi connectivity index (χ1n) is 10.5. The highest BCUT2D eigenvalue weighted by Gasteiger charge is 2.20. The number of aromatic nitrogens is 2. The Bertz CT molecular complexity index is 970. The molecule has 0 N–H and O–H groups in total. The van der Waals surface area contributed by atoms with Gasteiger partial charge in [0.2, 0.25) is 5.95 Å². The normalized spacial score (nSPS) is 16.5. The highest BCUT2D eigenvalue weighted by molar-refractivity contribution is 5.44. The fourth-order valence-electron chi connectivity index (χ4n) is 3.98. The van der Waals surface area contributed by atoms with Gasteiger partial charge in [0.25, 0.3) is 0 Å². The van der Waals surface area contributed by atoms with Gasteiger partial charge in [0, 0.05) is 51.5 Å². The Morgan fingerprint density at radius 1 is 0.733 bits per heavy atom. The van der Waals surface area contributed by atoms with Crippen molar-refractivity contribution in [2.45, 2.75) is 13.0 Å². The molecule has 5 rings (SSSR count). The quantitative estimate of drug-likeness (QED) is 0.654. The number of benzene rings is 2. The van der Waals surface area contributed by atoms with Gasteiger partial charge in [-0.25, -0.2) is 9.97 Å². The van der Waals surface area contributed by atoms with Crippen LogP contribution in [0, 0.1) is 0 Å². The summed E-state index contributed by atoms with van der Waals surface area (Å²) in [4.78, 5) is 14.0. The van der Waals surface area contributed by atoms with Crippen LogP contribution >= 0.6 is 0 Å². The molecule has 0 bridgehead atoms. The van der Waals surface area contributed by atoms with Crippen molar-refractivity contribution in [3.63, 3.8) is 0 Å². The summed E-state index contributed by atoms with van der Waals surface area (Å²) < 4.78 is 11.3. The summed E-state index contributed by atoms with van der Waals surface area (Å²) in [6.07, 6.45) is 4.78. The van der Waals surface area contributed by atoms with Crippen LogP contribution in [0.3, 0.4) is 0 Å². The van der Waals surface area contributed by atoms with Gasteiger partial charge in [-0.2, -0.15) is 0 Å². The van der Waals surface area contributed by atoms with E-state index in [1.54, 1.807) is 0 Å². The van der Waals surface area contributed by atoms with Gasteiger partial charge in [-0.3, -0.25) is 4.90 Å². The Hall–Kier alpha value is -3.12. The zero-order valence-corrected chi connectivity index (χ0v) is 17.0. The summed E-state index contributed by atoms with van der Waals surface area (Å²) in [7, 11) is 0. The molecule has 1 aromatic heterocycles. The standard InChI is InChI=1S/C24H26N4O2/c1-2-4-19(5-3-1)14-21-16-25-24(26-17-21)28-10-8-27(9-11-28)18-20-6-7-22-23(15-20)30-13-12-29-22/h1-7,15-17H,8-14,18H2. The van der Waals surface area contributed by atoms with Crippen LogP contribution in [0.1, 0.15) is 16.7 Å². The van der Waals surface area contributed by atoms with Crippen LogP contribution in [0.25, 0.3) is 0 Å². The first-order chi connectivity index (χ1) is 14.8. The minimum absolute atomic E-state index is 0.624. The summed E-state index contributed by atoms with van der Waals surface area (Å²) in [6.45, 7) is 6.02. The molecule has 154 valence electrons. The zero-order valence-electron chi connectivity index (χ0n) is 17.0. The van der Waals surface area contributed by atoms with Crippen molar-refractivity contribution in [2.75, 3.05) is 44.3 Å². The summed E-state index contributed by atoms with van der Waals surface area (Å²) in [5.41, 5.74) is 3.68. The third-order valence-corrected chi connectivity index (χ3v) is 5.61. The molecule has 2 aromatic carbocycles. The number of rotatable bonds is 5. The molecule has 30 heavy (non-hydrogen) atoms. The van der Waals surface area contributed by atoms with Gasteiger partial charge < -0.3 is 14.4 Å². The molecule has 0 unspecified atom stereocenters. The van der Waals surface area contributed by atoms with Crippen molar-refractivity contribution in [2.24, 2.45) is 0 Å². The second-order valence-corrected chi connectivity index (χ2v) is 7.79. The van der Waals surface area contributed by atoms with E-state index in [-0.39, 0.29) is 0 Å². The van der Waals surface area contributed by atoms with Gasteiger partial charge in [0.05, 0.1) is 0 Å². The highest BCUT2D eigenvalue weighted by Crippen LogP contribution is 2.31. The van der Waals surface area contributed by atoms with E-state index in [1.807, 2.05) is 24.5 Å². The lowest BCUT2D eigenvalue weighted by molar-refractivity contribution is 0.171. The molecule has 2 aliphatic rings. The Morgan fingerprint density at radius 2 is 1.47 bits per heavy atom. The summed E-state index contributed by atoms with van der Waals surface area (Å²) in [5, 5.41) is 0. The van der Waals surface area contributed by atoms with Crippen molar-refractivity contribution in [1.29, 1.82) is 0 Å². The van der Waals surface area contributed by atoms with Gasteiger partial charge in [-0.1, -0.05) is 36.4 Å². The van der Waals surface area contributed by atoms with E-state index in [0.717, 1.165) is 62.2 Å². The maximum absolute atomic E-state index is 5.71. The molecular weight excluding hydrogens is 376 g/mol. The Morgan fingerprint density at radius 3 is 2.23 bits per heavy atom. The predicted octanol–water partition coefficient (Wildman–Crippen LogP) is 3.16. The third kappa shape index (κ3) is 4.39. The maximum Gasteiger partial charge on any atom is 0.225 e. The molecule has 0 spiro atoms. The summed E-state index contributed by atoms with van der Waals surface area (Å²) >= 11 is 0. The smallest absolute Gasteiger partial charge is 0.225 e. The van der Waals surface area contributed by atoms with Crippen LogP contribution in [0.5, 0.6) is 11.5 Å². The van der Waals surface area contributed by atoms with E-state index in [0.29, 0.717) is 13.2 Å². The lowest BCUT2D eigenvalue weighted by Gasteiger charge is -2.34. The van der Waals surface area contributed by atoms with E-state index in [4.69, 9.17) is 9.47 Å². The number of piperazine rings is 1. The van der Waals surface area contributed by atoms with Crippen LogP contribution in [0.2, 0.25) is 0 Å². The van der Waals surface area contributed by atoms with Gasteiger partial charge in [0.1, 0.15) is 13.2 Å². The molecular formula is C24H26N4O2. The SMILES string of the molecule is c1ccc(Cc2cnc(N3CCN(Cc4ccc5c(c4)OCCO5)CC3)nc2)cc1. The Balaban J connectivity index is 1.15. The van der Waals surface area contributed by atoms with Crippen LogP contribution < -0.4 is 14.4 Å². The predicted molar refractivity (Wildman–Crippen MR) is 116 cm³/mol. The van der Waals surface area contributed by atoms with Gasteiger partial charge in [0.15, 0.2) is 11.5 Å². The topological polar surface area (TPSA) is 50.7 Å². The van der Waals surface area contributed by atoms with E-state index in [2.05, 4.69) is 56.2 Å². The molecule has 6 nitrogen and oxygen atoms in total. The lowest BCUT2D eigenvalue weighted by atomic mass is 10.1. The average Bonchev–Trinajstić information content (AvgIpc) is 2.81. The molecule has 1 fully saturated rings. The molecule has 0 atom stereocenters. The molecule has 0 amide bonds. The maximum atomic E-state index is 5.71. The van der Waals surface area contributed by atoms with Crippen LogP contribution in [0.15, 0.2) is 60.9 Å². The fraction of sp³-hybridized carbons (Fsp3) is 0.333. The monoisotopic (exact) mass is 402 g/mol. The largest absolute Gasteiger partial charge is 0.486 e. The number of fused-ring (bicyclic) bond motifs is 1. The molecule has 6 heteroatoms. The molecule has 0 aliphatic carbocycles. The second-order valence-electron chi connectivity index (χ2n) is 7.79. The number of ether oxygens (including phenoxy) is 2. The van der Waals surface area contributed by atoms with Crippen molar-refractivity contribution >= 4 is 5.95 Å². The molecule has 3 heterocycles. The van der Waals surface area contributed by atoms with Crippen LogP contribution in [-0.2, 0) is 13.0 Å². The minimum Gasteiger partial charge on any atom is -0.486 e. The minimum atomic E-state index is 0.624. The van der Waals surface area contributed by atoms with E-state index >= 15 is 0 Å². The first-order valence-corrected chi connectivity index (χ1v) is 10.5. The molecule has 1 saturated heterocycles. The van der Waals surface area contributed by atoms with E-state index in [1.165, 1.54) is 11.1 Å². The van der Waals surface area contributed by atoms with E-state index < -0.39 is 0 Å². The van der Waals surface area contributed by atoms with Crippen LogP contribution in [0.4, 0.5) is 5.95 Å². The number of hydrogen-bond acceptors (Lipinski definition) is 6. The van der Waals surface area contributed by atoms with E-state index in [9.17, 15) is 0 Å². The van der Waals surface area contributed by atoms with Gasteiger partial charge >= 0.3 is 0 Å². The number of hydrogen-bond donors (Lipinski definition) is 0. The van der Waals surface area contributed by atoms with Crippen molar-refractivity contribution in [1.82, 2.24) is 14.9 Å². The van der Waals surface area contributed by atoms with Crippen molar-refractivity contribution in [3.8, 4) is 11.5 Å². The average molecular weight is 402 g/mol. The van der Waals surface area contributed by atoms with Crippen molar-refractivity contribution in [3.05, 3.63) is 77.6 Å². The second kappa shape index (κ2) is 8.71. The summed E-state index contributed by atoms with van der Waals surface area (Å²) in [5.74, 6) is 2.54. The Kier molecular flexibility index (Phi) is 5.48. The Labute approximate surface area is 177 Å². The fourth-order valence-corrected chi connectivity index (χ4v) is 3.98. The third-order valence-electron chi connectivity index (χ3n) is 5.61. The number of nitrogens with zero attached hydrogens (tertiary/aromatic N) is 4. The first kappa shape index (κ1) is 18.9. The van der Waals surface area contributed by atoms with Crippen molar-refractivity contribution < 1.29 is 9.47 Å². The number of anilines is 1. The lowest BCUT2D eigenvalue weighted by Crippen LogP contribution is -2.46. The molecule has 3 aromatic rings. The summed E-state index contributed by atoms with van der Waals surface area (Å²) in [6, 6.07) is 16.7. The molecule has 0 radical (unpaired) electrons.